The SMILES string of the molecule is COc1ccc([C@H](NC(=O)[C@H](Cc2cccc(C#N)c2)NC(=O)c2ccc(OCC(=O)NCC(=O)OC(C)(C)C)cc2)C(=O)C[C@H](C(=O)C(F)(F)F)C(C)C)cc1. The van der Waals surface area contributed by atoms with Crippen molar-refractivity contribution in [1.29, 1.82) is 5.26 Å². The third kappa shape index (κ3) is 14.4. The second-order valence-corrected chi connectivity index (χ2v) is 14.3. The van der Waals surface area contributed by atoms with Gasteiger partial charge < -0.3 is 30.2 Å². The van der Waals surface area contributed by atoms with E-state index in [1.54, 1.807) is 32.9 Å². The molecule has 0 aliphatic heterocycles. The van der Waals surface area contributed by atoms with Gasteiger partial charge in [0.2, 0.25) is 11.7 Å². The Kier molecular flexibility index (Phi) is 15.9. The maximum atomic E-state index is 14.1. The molecule has 0 fully saturated rings. The van der Waals surface area contributed by atoms with Crippen LogP contribution in [-0.4, -0.2) is 73.3 Å². The van der Waals surface area contributed by atoms with Crippen LogP contribution in [0.2, 0.25) is 0 Å². The van der Waals surface area contributed by atoms with Crippen LogP contribution in [0.4, 0.5) is 13.2 Å². The number of amides is 3. The summed E-state index contributed by atoms with van der Waals surface area (Å²) in [7, 11) is 1.40. The highest BCUT2D eigenvalue weighted by molar-refractivity contribution is 5.99. The van der Waals surface area contributed by atoms with Gasteiger partial charge in [-0.05, 0) is 86.3 Å². The Morgan fingerprint density at radius 3 is 2.05 bits per heavy atom. The number of ketones is 2. The molecule has 3 N–H and O–H groups in total. The lowest BCUT2D eigenvalue weighted by Gasteiger charge is -2.26. The maximum Gasteiger partial charge on any atom is 0.450 e. The first-order valence-corrected chi connectivity index (χ1v) is 17.8. The van der Waals surface area contributed by atoms with Crippen LogP contribution in [0.5, 0.6) is 11.5 Å². The van der Waals surface area contributed by atoms with Crippen molar-refractivity contribution in [3.05, 3.63) is 95.1 Å². The molecule has 304 valence electrons. The first kappa shape index (κ1) is 45.2. The Hall–Kier alpha value is -6.24. The van der Waals surface area contributed by atoms with Crippen molar-refractivity contribution in [2.45, 2.75) is 71.3 Å². The number of esters is 1. The summed E-state index contributed by atoms with van der Waals surface area (Å²) >= 11 is 0. The van der Waals surface area contributed by atoms with Gasteiger partial charge in [0.15, 0.2) is 12.4 Å². The number of carbonyl (C=O) groups excluding carboxylic acids is 6. The normalized spacial score (nSPS) is 12.9. The molecule has 0 unspecified atom stereocenters. The van der Waals surface area contributed by atoms with E-state index in [9.17, 15) is 47.2 Å². The number of halogens is 3. The molecule has 3 amide bonds. The molecule has 0 aromatic heterocycles. The van der Waals surface area contributed by atoms with E-state index in [-0.39, 0.29) is 35.4 Å². The first-order chi connectivity index (χ1) is 26.7. The molecule has 16 heteroatoms. The number of benzene rings is 3. The smallest absolute Gasteiger partial charge is 0.450 e. The summed E-state index contributed by atoms with van der Waals surface area (Å²) in [5.74, 6) is -7.80. The predicted molar refractivity (Wildman–Crippen MR) is 200 cm³/mol. The van der Waals surface area contributed by atoms with Crippen LogP contribution in [0.3, 0.4) is 0 Å². The van der Waals surface area contributed by atoms with Gasteiger partial charge >= 0.3 is 12.1 Å². The van der Waals surface area contributed by atoms with Crippen molar-refractivity contribution in [3.63, 3.8) is 0 Å². The number of nitrogens with one attached hydrogen (secondary N) is 3. The summed E-state index contributed by atoms with van der Waals surface area (Å²) in [5, 5.41) is 17.0. The molecule has 0 aliphatic carbocycles. The summed E-state index contributed by atoms with van der Waals surface area (Å²) < 4.78 is 56.3. The number of hydrogen-bond donors (Lipinski definition) is 3. The minimum atomic E-state index is -5.19. The van der Waals surface area contributed by atoms with E-state index in [0.29, 0.717) is 11.3 Å². The number of methoxy groups -OCH3 is 1. The van der Waals surface area contributed by atoms with E-state index in [4.69, 9.17) is 14.2 Å². The highest BCUT2D eigenvalue weighted by Crippen LogP contribution is 2.30. The van der Waals surface area contributed by atoms with Crippen molar-refractivity contribution in [3.8, 4) is 17.6 Å². The summed E-state index contributed by atoms with van der Waals surface area (Å²) in [5.41, 5.74) is 0.258. The van der Waals surface area contributed by atoms with E-state index < -0.39 is 84.0 Å². The fourth-order valence-corrected chi connectivity index (χ4v) is 5.47. The molecule has 0 saturated carbocycles. The topological polar surface area (TPSA) is 190 Å². The molecule has 0 radical (unpaired) electrons. The van der Waals surface area contributed by atoms with Crippen LogP contribution in [0.25, 0.3) is 0 Å². The zero-order valence-corrected chi connectivity index (χ0v) is 32.3. The number of nitrogens with zero attached hydrogens (tertiary/aromatic N) is 1. The van der Waals surface area contributed by atoms with Crippen LogP contribution in [0.1, 0.15) is 74.1 Å². The molecule has 0 saturated heterocycles. The fraction of sp³-hybridized carbons (Fsp3) is 0.390. The lowest BCUT2D eigenvalue weighted by Crippen LogP contribution is -2.50. The molecule has 3 aromatic carbocycles. The summed E-state index contributed by atoms with van der Waals surface area (Å²) in [6.07, 6.45) is -6.20. The maximum absolute atomic E-state index is 14.1. The Balaban J connectivity index is 1.85. The van der Waals surface area contributed by atoms with Gasteiger partial charge in [-0.1, -0.05) is 38.1 Å². The van der Waals surface area contributed by atoms with Gasteiger partial charge in [0, 0.05) is 24.3 Å². The molecule has 13 nitrogen and oxygen atoms in total. The second-order valence-electron chi connectivity index (χ2n) is 14.3. The standard InChI is InChI=1S/C41H45F3N4O9/c1-24(2)31(37(52)41(42,43)44)20-33(49)36(27-10-14-29(55-6)15-11-27)48-39(54)32(19-25-8-7-9-26(18-25)21-45)47-38(53)28-12-16-30(17-13-28)56-23-34(50)46-22-35(51)57-40(3,4)5/h7-18,24,31-32,36H,19-20,22-23H2,1-6H3,(H,46,50)(H,47,53)(H,48,54)/t31-,32-,36-/m0/s1. The zero-order valence-electron chi connectivity index (χ0n) is 32.3. The average Bonchev–Trinajstić information content (AvgIpc) is 3.15. The Labute approximate surface area is 328 Å². The molecule has 3 aromatic rings. The van der Waals surface area contributed by atoms with Gasteiger partial charge in [-0.3, -0.25) is 28.8 Å². The van der Waals surface area contributed by atoms with E-state index in [1.807, 2.05) is 6.07 Å². The quantitative estimate of drug-likeness (QED) is 0.148. The van der Waals surface area contributed by atoms with Crippen molar-refractivity contribution < 1.29 is 56.1 Å². The second kappa shape index (κ2) is 20.1. The molecule has 0 spiro atoms. The lowest BCUT2D eigenvalue weighted by molar-refractivity contribution is -0.177. The number of hydrogen-bond acceptors (Lipinski definition) is 10. The van der Waals surface area contributed by atoms with Gasteiger partial charge in [-0.2, -0.15) is 18.4 Å². The van der Waals surface area contributed by atoms with Gasteiger partial charge in [0.1, 0.15) is 35.7 Å². The van der Waals surface area contributed by atoms with Gasteiger partial charge in [-0.25, -0.2) is 0 Å². The van der Waals surface area contributed by atoms with Crippen molar-refractivity contribution in [2.75, 3.05) is 20.3 Å². The van der Waals surface area contributed by atoms with E-state index in [0.717, 1.165) is 0 Å². The van der Waals surface area contributed by atoms with Crippen LogP contribution >= 0.6 is 0 Å². The number of Topliss-reactive ketones (excluding diaryl/α,β-unsaturated/α-hetero) is 2. The fourth-order valence-electron chi connectivity index (χ4n) is 5.47. The van der Waals surface area contributed by atoms with Crippen LogP contribution in [0, 0.1) is 23.2 Å². The molecule has 3 atom stereocenters. The van der Waals surface area contributed by atoms with E-state index in [2.05, 4.69) is 16.0 Å². The van der Waals surface area contributed by atoms with Crippen LogP contribution in [-0.2, 0) is 35.1 Å². The average molecular weight is 795 g/mol. The molecular formula is C41H45F3N4O9. The monoisotopic (exact) mass is 794 g/mol. The number of nitriles is 1. The van der Waals surface area contributed by atoms with Crippen LogP contribution < -0.4 is 25.4 Å². The van der Waals surface area contributed by atoms with Crippen molar-refractivity contribution in [1.82, 2.24) is 16.0 Å². The summed E-state index contributed by atoms with van der Waals surface area (Å²) in [6, 6.07) is 16.7. The molecule has 3 rings (SSSR count). The Bertz CT molecular complexity index is 1950. The van der Waals surface area contributed by atoms with Crippen molar-refractivity contribution in [2.24, 2.45) is 11.8 Å². The molecule has 0 heterocycles. The minimum absolute atomic E-state index is 0.0634. The summed E-state index contributed by atoms with van der Waals surface area (Å²) in [6.45, 7) is 7.02. The van der Waals surface area contributed by atoms with Gasteiger partial charge in [0.05, 0.1) is 18.7 Å². The molecular weight excluding hydrogens is 749 g/mol. The minimum Gasteiger partial charge on any atom is -0.497 e. The summed E-state index contributed by atoms with van der Waals surface area (Å²) in [4.78, 5) is 77.7. The number of ether oxygens (including phenoxy) is 3. The largest absolute Gasteiger partial charge is 0.497 e. The Morgan fingerprint density at radius 2 is 1.49 bits per heavy atom. The highest BCUT2D eigenvalue weighted by atomic mass is 19.4. The number of alkyl halides is 3. The van der Waals surface area contributed by atoms with Crippen molar-refractivity contribution >= 4 is 35.3 Å². The van der Waals surface area contributed by atoms with E-state index in [1.165, 1.54) is 81.6 Å². The van der Waals surface area contributed by atoms with Gasteiger partial charge in [0.25, 0.3) is 11.8 Å². The number of carbonyl (C=O) groups is 6. The van der Waals surface area contributed by atoms with Gasteiger partial charge in [-0.15, -0.1) is 0 Å². The first-order valence-electron chi connectivity index (χ1n) is 17.8. The lowest BCUT2D eigenvalue weighted by atomic mass is 9.84. The van der Waals surface area contributed by atoms with E-state index >= 15 is 0 Å². The Morgan fingerprint density at radius 1 is 0.860 bits per heavy atom. The zero-order chi connectivity index (χ0) is 42.5. The molecule has 0 bridgehead atoms. The van der Waals surface area contributed by atoms with Crippen LogP contribution in [0.15, 0.2) is 72.8 Å². The third-order valence-electron chi connectivity index (χ3n) is 8.35. The predicted octanol–water partition coefficient (Wildman–Crippen LogP) is 4.96. The number of rotatable bonds is 18. The third-order valence-corrected chi connectivity index (χ3v) is 8.35. The highest BCUT2D eigenvalue weighted by Gasteiger charge is 2.45. The molecule has 57 heavy (non-hydrogen) atoms. The molecule has 0 aliphatic rings.